The van der Waals surface area contributed by atoms with Crippen LogP contribution in [0.25, 0.3) is 0 Å². The standard InChI is InChI=1S/C18H25NO4/c1-14(9-12-23-15-7-3-2-4-8-15)17(22)19-18(13-16(20)21)10-5-6-11-18/h2-4,7-8,14H,5-6,9-13H2,1H3,(H,19,22)(H,20,21). The number of carboxylic acids is 1. The molecule has 0 heterocycles. The number of carbonyl (C=O) groups is 2. The summed E-state index contributed by atoms with van der Waals surface area (Å²) < 4.78 is 5.61. The van der Waals surface area contributed by atoms with Crippen LogP contribution in [0.5, 0.6) is 5.75 Å². The number of aliphatic carboxylic acids is 1. The van der Waals surface area contributed by atoms with Gasteiger partial charge in [0, 0.05) is 5.92 Å². The molecule has 2 rings (SSSR count). The zero-order chi connectivity index (χ0) is 16.7. The molecule has 1 aliphatic rings. The third-order valence-electron chi connectivity index (χ3n) is 4.45. The lowest BCUT2D eigenvalue weighted by molar-refractivity contribution is -0.139. The summed E-state index contributed by atoms with van der Waals surface area (Å²) in [5.74, 6) is -0.347. The van der Waals surface area contributed by atoms with E-state index in [-0.39, 0.29) is 18.2 Å². The lowest BCUT2D eigenvalue weighted by Gasteiger charge is -2.30. The molecule has 0 aliphatic heterocycles. The summed E-state index contributed by atoms with van der Waals surface area (Å²) in [6.45, 7) is 2.32. The van der Waals surface area contributed by atoms with E-state index in [0.29, 0.717) is 13.0 Å². The van der Waals surface area contributed by atoms with Gasteiger partial charge in [-0.25, -0.2) is 0 Å². The van der Waals surface area contributed by atoms with E-state index < -0.39 is 11.5 Å². The van der Waals surface area contributed by atoms with Crippen LogP contribution in [0.15, 0.2) is 30.3 Å². The number of amides is 1. The molecule has 5 nitrogen and oxygen atoms in total. The third kappa shape index (κ3) is 5.27. The van der Waals surface area contributed by atoms with Gasteiger partial charge in [0.2, 0.25) is 5.91 Å². The van der Waals surface area contributed by atoms with Gasteiger partial charge in [0.05, 0.1) is 18.6 Å². The highest BCUT2D eigenvalue weighted by Gasteiger charge is 2.38. The Morgan fingerprint density at radius 1 is 1.26 bits per heavy atom. The topological polar surface area (TPSA) is 75.6 Å². The van der Waals surface area contributed by atoms with Crippen molar-refractivity contribution in [2.24, 2.45) is 5.92 Å². The van der Waals surface area contributed by atoms with E-state index in [9.17, 15) is 9.59 Å². The van der Waals surface area contributed by atoms with Gasteiger partial charge in [-0.1, -0.05) is 38.0 Å². The van der Waals surface area contributed by atoms with Crippen LogP contribution in [0.1, 0.15) is 45.4 Å². The van der Waals surface area contributed by atoms with Crippen molar-refractivity contribution >= 4 is 11.9 Å². The first-order valence-corrected chi connectivity index (χ1v) is 8.22. The summed E-state index contributed by atoms with van der Waals surface area (Å²) in [6, 6.07) is 9.49. The van der Waals surface area contributed by atoms with E-state index in [1.807, 2.05) is 37.3 Å². The summed E-state index contributed by atoms with van der Waals surface area (Å²) in [5.41, 5.74) is -0.558. The molecule has 0 spiro atoms. The maximum absolute atomic E-state index is 12.4. The third-order valence-corrected chi connectivity index (χ3v) is 4.45. The van der Waals surface area contributed by atoms with Crippen molar-refractivity contribution in [3.63, 3.8) is 0 Å². The Morgan fingerprint density at radius 2 is 1.91 bits per heavy atom. The van der Waals surface area contributed by atoms with Crippen molar-refractivity contribution in [3.8, 4) is 5.75 Å². The van der Waals surface area contributed by atoms with Crippen LogP contribution < -0.4 is 10.1 Å². The molecular weight excluding hydrogens is 294 g/mol. The van der Waals surface area contributed by atoms with E-state index in [1.54, 1.807) is 0 Å². The predicted octanol–water partition coefficient (Wildman–Crippen LogP) is 3.00. The Labute approximate surface area is 137 Å². The second-order valence-electron chi connectivity index (χ2n) is 6.40. The average molecular weight is 319 g/mol. The highest BCUT2D eigenvalue weighted by atomic mass is 16.5. The van der Waals surface area contributed by atoms with Crippen molar-refractivity contribution in [1.29, 1.82) is 0 Å². The van der Waals surface area contributed by atoms with Crippen molar-refractivity contribution in [2.45, 2.75) is 51.0 Å². The van der Waals surface area contributed by atoms with Crippen LogP contribution in [0.4, 0.5) is 0 Å². The minimum Gasteiger partial charge on any atom is -0.494 e. The van der Waals surface area contributed by atoms with Crippen LogP contribution in [0.3, 0.4) is 0 Å². The molecule has 1 fully saturated rings. The van der Waals surface area contributed by atoms with Crippen LogP contribution in [0.2, 0.25) is 0 Å². The Kier molecular flexibility index (Phi) is 6.02. The largest absolute Gasteiger partial charge is 0.494 e. The Hall–Kier alpha value is -2.04. The van der Waals surface area contributed by atoms with E-state index in [4.69, 9.17) is 9.84 Å². The number of carbonyl (C=O) groups excluding carboxylic acids is 1. The van der Waals surface area contributed by atoms with Gasteiger partial charge in [0.1, 0.15) is 5.75 Å². The molecule has 23 heavy (non-hydrogen) atoms. The minimum atomic E-state index is -0.854. The number of ether oxygens (including phenoxy) is 1. The average Bonchev–Trinajstić information content (AvgIpc) is 2.95. The molecular formula is C18H25NO4. The lowest BCUT2D eigenvalue weighted by Crippen LogP contribution is -2.49. The normalized spacial score (nSPS) is 17.4. The Morgan fingerprint density at radius 3 is 2.52 bits per heavy atom. The van der Waals surface area contributed by atoms with Crippen molar-refractivity contribution in [1.82, 2.24) is 5.32 Å². The first kappa shape index (κ1) is 17.3. The van der Waals surface area contributed by atoms with Crippen LogP contribution >= 0.6 is 0 Å². The summed E-state index contributed by atoms with van der Waals surface area (Å²) in [4.78, 5) is 23.4. The lowest BCUT2D eigenvalue weighted by atomic mass is 9.92. The molecule has 1 aromatic carbocycles. The zero-order valence-electron chi connectivity index (χ0n) is 13.6. The summed E-state index contributed by atoms with van der Waals surface area (Å²) >= 11 is 0. The van der Waals surface area contributed by atoms with E-state index in [0.717, 1.165) is 31.4 Å². The molecule has 5 heteroatoms. The van der Waals surface area contributed by atoms with Crippen molar-refractivity contribution in [3.05, 3.63) is 30.3 Å². The highest BCUT2D eigenvalue weighted by Crippen LogP contribution is 2.33. The van der Waals surface area contributed by atoms with E-state index in [2.05, 4.69) is 5.32 Å². The second kappa shape index (κ2) is 7.99. The van der Waals surface area contributed by atoms with Crippen LogP contribution in [0, 0.1) is 5.92 Å². The molecule has 126 valence electrons. The molecule has 0 aromatic heterocycles. The smallest absolute Gasteiger partial charge is 0.305 e. The van der Waals surface area contributed by atoms with Gasteiger partial charge in [-0.3, -0.25) is 9.59 Å². The van der Waals surface area contributed by atoms with E-state index in [1.165, 1.54) is 0 Å². The Bertz CT molecular complexity index is 523. The number of para-hydroxylation sites is 1. The second-order valence-corrected chi connectivity index (χ2v) is 6.40. The fraction of sp³-hybridized carbons (Fsp3) is 0.556. The SMILES string of the molecule is CC(CCOc1ccccc1)C(=O)NC1(CC(=O)O)CCCC1. The molecule has 1 aliphatic carbocycles. The number of benzene rings is 1. The molecule has 1 unspecified atom stereocenters. The number of nitrogens with one attached hydrogen (secondary N) is 1. The number of carboxylic acid groups (broad SMARTS) is 1. The summed E-state index contributed by atoms with van der Waals surface area (Å²) in [6.07, 6.45) is 4.05. The predicted molar refractivity (Wildman–Crippen MR) is 87.3 cm³/mol. The highest BCUT2D eigenvalue weighted by molar-refractivity contribution is 5.80. The monoisotopic (exact) mass is 319 g/mol. The van der Waals surface area contributed by atoms with Gasteiger partial charge < -0.3 is 15.2 Å². The van der Waals surface area contributed by atoms with Gasteiger partial charge in [-0.05, 0) is 31.4 Å². The van der Waals surface area contributed by atoms with Gasteiger partial charge in [0.25, 0.3) is 0 Å². The number of hydrogen-bond acceptors (Lipinski definition) is 3. The summed E-state index contributed by atoms with van der Waals surface area (Å²) in [7, 11) is 0. The summed E-state index contributed by atoms with van der Waals surface area (Å²) in [5, 5.41) is 12.1. The molecule has 0 bridgehead atoms. The quantitative estimate of drug-likeness (QED) is 0.772. The van der Waals surface area contributed by atoms with Gasteiger partial charge in [-0.2, -0.15) is 0 Å². The van der Waals surface area contributed by atoms with Crippen LogP contribution in [-0.2, 0) is 9.59 Å². The first-order chi connectivity index (χ1) is 11.0. The first-order valence-electron chi connectivity index (χ1n) is 8.22. The maximum atomic E-state index is 12.4. The molecule has 1 amide bonds. The number of rotatable bonds is 8. The number of hydrogen-bond donors (Lipinski definition) is 2. The minimum absolute atomic E-state index is 0.00593. The zero-order valence-corrected chi connectivity index (χ0v) is 13.6. The van der Waals surface area contributed by atoms with Gasteiger partial charge in [-0.15, -0.1) is 0 Å². The fourth-order valence-electron chi connectivity index (χ4n) is 3.07. The van der Waals surface area contributed by atoms with Crippen molar-refractivity contribution in [2.75, 3.05) is 6.61 Å². The molecule has 1 aromatic rings. The van der Waals surface area contributed by atoms with Gasteiger partial charge in [0.15, 0.2) is 0 Å². The fourth-order valence-corrected chi connectivity index (χ4v) is 3.07. The van der Waals surface area contributed by atoms with Crippen LogP contribution in [-0.4, -0.2) is 29.1 Å². The Balaban J connectivity index is 1.80. The molecule has 1 saturated carbocycles. The van der Waals surface area contributed by atoms with Crippen molar-refractivity contribution < 1.29 is 19.4 Å². The maximum Gasteiger partial charge on any atom is 0.305 e. The molecule has 2 N–H and O–H groups in total. The molecule has 0 radical (unpaired) electrons. The van der Waals surface area contributed by atoms with Gasteiger partial charge >= 0.3 is 5.97 Å². The molecule has 1 atom stereocenters. The molecule has 0 saturated heterocycles. The van der Waals surface area contributed by atoms with E-state index >= 15 is 0 Å².